The molecule has 4 N–H and O–H groups in total. The average molecular weight is 301 g/mol. The van der Waals surface area contributed by atoms with Gasteiger partial charge in [-0.2, -0.15) is 0 Å². The highest BCUT2D eigenvalue weighted by atomic mass is 35.5. The molecule has 0 saturated carbocycles. The highest BCUT2D eigenvalue weighted by Gasteiger charge is 2.05. The van der Waals surface area contributed by atoms with Gasteiger partial charge in [0.2, 0.25) is 0 Å². The summed E-state index contributed by atoms with van der Waals surface area (Å²) in [6.07, 6.45) is 0. The molecule has 0 atom stereocenters. The summed E-state index contributed by atoms with van der Waals surface area (Å²) in [5, 5.41) is 7.47. The van der Waals surface area contributed by atoms with Gasteiger partial charge in [0, 0.05) is 12.1 Å². The first-order valence-corrected chi connectivity index (χ1v) is 6.67. The van der Waals surface area contributed by atoms with E-state index in [0.717, 1.165) is 0 Å². The van der Waals surface area contributed by atoms with Crippen LogP contribution in [0.3, 0.4) is 0 Å². The molecular weight excluding hydrogens is 282 g/mol. The van der Waals surface area contributed by atoms with Gasteiger partial charge < -0.3 is 20.7 Å². The zero-order chi connectivity index (χ0) is 14.8. The van der Waals surface area contributed by atoms with Gasteiger partial charge in [0.1, 0.15) is 12.4 Å². The van der Waals surface area contributed by atoms with E-state index in [4.69, 9.17) is 16.3 Å². The van der Waals surface area contributed by atoms with Gasteiger partial charge >= 0.3 is 0 Å². The minimum Gasteiger partial charge on any atom is -0.492 e. The topological polar surface area (TPSA) is 84.0 Å². The number of benzene rings is 1. The Morgan fingerprint density at radius 2 is 1.85 bits per heavy atom. The van der Waals surface area contributed by atoms with Crippen LogP contribution >= 0.6 is 11.6 Å². The van der Waals surface area contributed by atoms with Crippen molar-refractivity contribution in [3.63, 3.8) is 0 Å². The lowest BCUT2D eigenvalue weighted by Gasteiger charge is -2.07. The Labute approximate surface area is 122 Å². The SMILES string of the molecule is CNC(=O)C[NH2+]CC(=O)NCCOc1ccc(Cl)cc1. The first-order chi connectivity index (χ1) is 9.61. The summed E-state index contributed by atoms with van der Waals surface area (Å²) in [6, 6.07) is 7.01. The fourth-order valence-electron chi connectivity index (χ4n) is 1.40. The first kappa shape index (κ1) is 16.3. The van der Waals surface area contributed by atoms with Crippen molar-refractivity contribution >= 4 is 23.4 Å². The number of carbonyl (C=O) groups excluding carboxylic acids is 2. The van der Waals surface area contributed by atoms with Gasteiger partial charge in [0.25, 0.3) is 11.8 Å². The van der Waals surface area contributed by atoms with Crippen LogP contribution in [0.25, 0.3) is 0 Å². The smallest absolute Gasteiger partial charge is 0.275 e. The summed E-state index contributed by atoms with van der Waals surface area (Å²) >= 11 is 5.75. The molecule has 0 radical (unpaired) electrons. The van der Waals surface area contributed by atoms with Crippen molar-refractivity contribution in [2.24, 2.45) is 0 Å². The number of nitrogens with two attached hydrogens (primary N) is 1. The molecule has 0 aliphatic rings. The molecule has 20 heavy (non-hydrogen) atoms. The minimum atomic E-state index is -0.131. The van der Waals surface area contributed by atoms with Crippen LogP contribution in [0.2, 0.25) is 5.02 Å². The maximum Gasteiger partial charge on any atom is 0.275 e. The van der Waals surface area contributed by atoms with Crippen molar-refractivity contribution in [3.05, 3.63) is 29.3 Å². The van der Waals surface area contributed by atoms with Gasteiger partial charge in [-0.1, -0.05) is 11.6 Å². The standard InChI is InChI=1S/C13H18ClN3O3/c1-15-12(18)8-16-9-13(19)17-6-7-20-11-4-2-10(14)3-5-11/h2-5,16H,6-9H2,1H3,(H,15,18)(H,17,19)/p+1. The van der Waals surface area contributed by atoms with Crippen molar-refractivity contribution in [3.8, 4) is 5.75 Å². The fraction of sp³-hybridized carbons (Fsp3) is 0.385. The Kier molecular flexibility index (Phi) is 7.46. The van der Waals surface area contributed by atoms with E-state index >= 15 is 0 Å². The van der Waals surface area contributed by atoms with E-state index < -0.39 is 0 Å². The quantitative estimate of drug-likeness (QED) is 0.547. The maximum absolute atomic E-state index is 11.4. The lowest BCUT2D eigenvalue weighted by molar-refractivity contribution is -0.633. The minimum absolute atomic E-state index is 0.108. The molecule has 1 aromatic rings. The van der Waals surface area contributed by atoms with Crippen molar-refractivity contribution in [1.82, 2.24) is 10.6 Å². The second-order valence-electron chi connectivity index (χ2n) is 4.02. The number of ether oxygens (including phenoxy) is 1. The highest BCUT2D eigenvalue weighted by molar-refractivity contribution is 6.30. The molecule has 110 valence electrons. The molecule has 1 aromatic carbocycles. The van der Waals surface area contributed by atoms with Crippen LogP contribution in [0.1, 0.15) is 0 Å². The summed E-state index contributed by atoms with van der Waals surface area (Å²) in [5.41, 5.74) is 0. The molecule has 0 saturated heterocycles. The number of amides is 2. The molecule has 6 nitrogen and oxygen atoms in total. The molecule has 0 heterocycles. The predicted molar refractivity (Wildman–Crippen MR) is 75.7 cm³/mol. The molecule has 0 fully saturated rings. The second kappa shape index (κ2) is 9.17. The van der Waals surface area contributed by atoms with Crippen molar-refractivity contribution in [2.75, 3.05) is 33.3 Å². The number of carbonyl (C=O) groups is 2. The molecule has 0 aromatic heterocycles. The third-order valence-electron chi connectivity index (χ3n) is 2.44. The van der Waals surface area contributed by atoms with E-state index in [1.807, 2.05) is 0 Å². The number of hydrogen-bond acceptors (Lipinski definition) is 3. The van der Waals surface area contributed by atoms with E-state index in [-0.39, 0.29) is 24.9 Å². The third kappa shape index (κ3) is 6.96. The number of rotatable bonds is 8. The second-order valence-corrected chi connectivity index (χ2v) is 4.46. The van der Waals surface area contributed by atoms with Gasteiger partial charge in [-0.3, -0.25) is 9.59 Å². The van der Waals surface area contributed by atoms with Gasteiger partial charge in [0.15, 0.2) is 13.1 Å². The monoisotopic (exact) mass is 300 g/mol. The zero-order valence-electron chi connectivity index (χ0n) is 11.3. The molecule has 7 heteroatoms. The summed E-state index contributed by atoms with van der Waals surface area (Å²) < 4.78 is 5.42. The molecule has 0 bridgehead atoms. The van der Waals surface area contributed by atoms with E-state index in [9.17, 15) is 9.59 Å². The van der Waals surface area contributed by atoms with E-state index in [1.54, 1.807) is 36.6 Å². The van der Waals surface area contributed by atoms with E-state index in [2.05, 4.69) is 10.6 Å². The molecule has 0 aliphatic heterocycles. The Balaban J connectivity index is 2.07. The van der Waals surface area contributed by atoms with Crippen LogP contribution < -0.4 is 20.7 Å². The van der Waals surface area contributed by atoms with Gasteiger partial charge in [-0.15, -0.1) is 0 Å². The first-order valence-electron chi connectivity index (χ1n) is 6.29. The Morgan fingerprint density at radius 3 is 2.50 bits per heavy atom. The average Bonchev–Trinajstić information content (AvgIpc) is 2.45. The molecule has 1 rings (SSSR count). The van der Waals surface area contributed by atoms with Crippen LogP contribution in [-0.2, 0) is 9.59 Å². The number of halogens is 1. The summed E-state index contributed by atoms with van der Waals surface area (Å²) in [7, 11) is 1.56. The van der Waals surface area contributed by atoms with Crippen molar-refractivity contribution < 1.29 is 19.6 Å². The van der Waals surface area contributed by atoms with Crippen molar-refractivity contribution in [1.29, 1.82) is 0 Å². The third-order valence-corrected chi connectivity index (χ3v) is 2.70. The summed E-state index contributed by atoms with van der Waals surface area (Å²) in [4.78, 5) is 22.4. The van der Waals surface area contributed by atoms with Gasteiger partial charge in [-0.25, -0.2) is 0 Å². The Bertz CT molecular complexity index is 437. The molecule has 0 spiro atoms. The molecule has 0 aliphatic carbocycles. The number of hydrogen-bond donors (Lipinski definition) is 3. The Hall–Kier alpha value is -1.79. The normalized spacial score (nSPS) is 9.90. The van der Waals surface area contributed by atoms with Crippen LogP contribution in [0.4, 0.5) is 0 Å². The lowest BCUT2D eigenvalue weighted by Crippen LogP contribution is -2.88. The van der Waals surface area contributed by atoms with Gasteiger partial charge in [-0.05, 0) is 24.3 Å². The fourth-order valence-corrected chi connectivity index (χ4v) is 1.52. The molecule has 0 unspecified atom stereocenters. The molecular formula is C13H19ClN3O3+. The maximum atomic E-state index is 11.4. The van der Waals surface area contributed by atoms with Crippen LogP contribution in [0, 0.1) is 0 Å². The van der Waals surface area contributed by atoms with Crippen LogP contribution in [-0.4, -0.2) is 45.1 Å². The van der Waals surface area contributed by atoms with Crippen molar-refractivity contribution in [2.45, 2.75) is 0 Å². The summed E-state index contributed by atoms with van der Waals surface area (Å²) in [6.45, 7) is 1.25. The number of nitrogens with one attached hydrogen (secondary N) is 2. The largest absolute Gasteiger partial charge is 0.492 e. The predicted octanol–water partition coefficient (Wildman–Crippen LogP) is -0.856. The van der Waals surface area contributed by atoms with Crippen LogP contribution in [0.15, 0.2) is 24.3 Å². The lowest BCUT2D eigenvalue weighted by atomic mass is 10.3. The molecule has 2 amide bonds. The zero-order valence-corrected chi connectivity index (χ0v) is 12.1. The van der Waals surface area contributed by atoms with Gasteiger partial charge in [0.05, 0.1) is 6.54 Å². The number of quaternary nitrogens is 1. The van der Waals surface area contributed by atoms with E-state index in [0.29, 0.717) is 23.9 Å². The Morgan fingerprint density at radius 1 is 1.20 bits per heavy atom. The van der Waals surface area contributed by atoms with E-state index in [1.165, 1.54) is 0 Å². The summed E-state index contributed by atoms with van der Waals surface area (Å²) in [5.74, 6) is 0.465. The van der Waals surface area contributed by atoms with Crippen LogP contribution in [0.5, 0.6) is 5.75 Å². The number of likely N-dealkylation sites (N-methyl/N-ethyl adjacent to an activating group) is 1. The highest BCUT2D eigenvalue weighted by Crippen LogP contribution is 2.14.